The van der Waals surface area contributed by atoms with Crippen LogP contribution in [-0.2, 0) is 42.2 Å². The van der Waals surface area contributed by atoms with Crippen LogP contribution >= 0.6 is 11.3 Å². The topological polar surface area (TPSA) is 204 Å². The highest BCUT2D eigenvalue weighted by Gasteiger charge is 2.61. The number of hydrogen-bond acceptors (Lipinski definition) is 13. The Morgan fingerprint density at radius 3 is 2.55 bits per heavy atom. The third-order valence-corrected chi connectivity index (χ3v) is 13.6. The quantitative estimate of drug-likeness (QED) is 0.248. The number of nitrogens with zero attached hydrogens (tertiary/aromatic N) is 3. The molecular formula is C42H56N6O10S2. The molecule has 3 N–H and O–H groups in total. The summed E-state index contributed by atoms with van der Waals surface area (Å²) in [7, 11) is -2.32. The summed E-state index contributed by atoms with van der Waals surface area (Å²) < 4.78 is 50.9. The van der Waals surface area contributed by atoms with Crippen molar-refractivity contribution in [2.24, 2.45) is 17.3 Å². The number of fused-ring (bicyclic) bond motifs is 3. The van der Waals surface area contributed by atoms with Crippen LogP contribution in [0, 0.1) is 24.2 Å². The SMILES string of the molecule is CC[C@H]1C[C@]1(NC(=O)[C@@H]1C[C@@H]2CN1C(=O)[C@H](C1CCCC1)NC(=O)OCC(C)(C)CCCc1cc3c(cc(OCc4csc(C)n4)nc3cc1OC)O2)C(=O)NS(C)(=O)=O. The van der Waals surface area contributed by atoms with E-state index in [0.717, 1.165) is 48.2 Å². The van der Waals surface area contributed by atoms with Gasteiger partial charge in [0.05, 0.1) is 42.7 Å². The first kappa shape index (κ1) is 43.4. The van der Waals surface area contributed by atoms with Gasteiger partial charge in [-0.25, -0.2) is 23.2 Å². The van der Waals surface area contributed by atoms with Crippen molar-refractivity contribution in [1.82, 2.24) is 30.2 Å². The number of hydrogen-bond donors (Lipinski definition) is 3. The summed E-state index contributed by atoms with van der Waals surface area (Å²) in [5.74, 6) is -1.05. The molecule has 3 fully saturated rings. The lowest BCUT2D eigenvalue weighted by Crippen LogP contribution is -2.59. The summed E-state index contributed by atoms with van der Waals surface area (Å²) >= 11 is 1.52. The minimum Gasteiger partial charge on any atom is -0.496 e. The molecule has 2 aliphatic heterocycles. The van der Waals surface area contributed by atoms with E-state index in [0.29, 0.717) is 48.1 Å². The summed E-state index contributed by atoms with van der Waals surface area (Å²) in [6.07, 6.45) is 5.56. The maximum Gasteiger partial charge on any atom is 0.407 e. The standard InChI is InChI=1S/C42H56N6O10S2/c1-7-27-19-42(27,39(51)47-60(6,53)54)46-37(49)32-16-29-20-48(32)38(50)36(25-11-8-9-12-25)45-40(52)57-23-41(3,4)14-10-13-26-15-30-31(17-33(26)55-5)44-35(18-34(30)58-29)56-21-28-22-59-24(2)43-28/h15,17-18,22,25,27,29,32,36H,7-14,16,19-21,23H2,1-6H3,(H,45,52)(H,46,49)(H,47,51)/t27-,29+,32-,36-,42+/m0/s1. The molecule has 5 atom stereocenters. The summed E-state index contributed by atoms with van der Waals surface area (Å²) in [6.45, 7) is 8.11. The smallest absolute Gasteiger partial charge is 0.407 e. The molecule has 0 spiro atoms. The Morgan fingerprint density at radius 2 is 1.88 bits per heavy atom. The van der Waals surface area contributed by atoms with Gasteiger partial charge in [-0.15, -0.1) is 11.3 Å². The van der Waals surface area contributed by atoms with Gasteiger partial charge in [-0.05, 0) is 74.3 Å². The first-order valence-electron chi connectivity index (χ1n) is 20.8. The van der Waals surface area contributed by atoms with Gasteiger partial charge in [0.15, 0.2) is 0 Å². The molecular weight excluding hydrogens is 813 g/mol. The molecule has 2 aliphatic carbocycles. The predicted molar refractivity (Wildman–Crippen MR) is 223 cm³/mol. The summed E-state index contributed by atoms with van der Waals surface area (Å²) in [5.41, 5.74) is 0.381. The Bertz CT molecular complexity index is 2240. The van der Waals surface area contributed by atoms with Crippen molar-refractivity contribution in [3.8, 4) is 17.4 Å². The molecule has 4 aliphatic rings. The van der Waals surface area contributed by atoms with Crippen LogP contribution in [0.5, 0.6) is 17.4 Å². The van der Waals surface area contributed by atoms with E-state index >= 15 is 0 Å². The monoisotopic (exact) mass is 868 g/mol. The molecule has 3 aromatic rings. The fourth-order valence-corrected chi connectivity index (χ4v) is 10.1. The molecule has 0 unspecified atom stereocenters. The molecule has 0 radical (unpaired) electrons. The van der Waals surface area contributed by atoms with Crippen molar-refractivity contribution in [2.45, 2.75) is 122 Å². The molecule has 4 bridgehead atoms. The van der Waals surface area contributed by atoms with Gasteiger partial charge in [-0.1, -0.05) is 40.0 Å². The summed E-state index contributed by atoms with van der Waals surface area (Å²) in [4.78, 5) is 67.1. The zero-order chi connectivity index (χ0) is 43.0. The van der Waals surface area contributed by atoms with E-state index in [-0.39, 0.29) is 55.7 Å². The van der Waals surface area contributed by atoms with Crippen LogP contribution < -0.4 is 29.6 Å². The van der Waals surface area contributed by atoms with Gasteiger partial charge in [0.25, 0.3) is 5.91 Å². The average molecular weight is 869 g/mol. The Hall–Kier alpha value is -4.71. The van der Waals surface area contributed by atoms with E-state index in [4.69, 9.17) is 23.9 Å². The number of aryl methyl sites for hydroxylation is 2. The van der Waals surface area contributed by atoms with E-state index in [1.165, 1.54) is 16.2 Å². The minimum atomic E-state index is -3.93. The number of amides is 4. The number of rotatable bonds is 10. The molecule has 16 nitrogen and oxygen atoms in total. The van der Waals surface area contributed by atoms with E-state index < -0.39 is 57.6 Å². The molecule has 2 saturated carbocycles. The normalized spacial score (nSPS) is 26.1. The molecule has 18 heteroatoms. The molecule has 1 saturated heterocycles. The highest BCUT2D eigenvalue weighted by atomic mass is 32.2. The van der Waals surface area contributed by atoms with Gasteiger partial charge in [0, 0.05) is 29.3 Å². The van der Waals surface area contributed by atoms with Gasteiger partial charge in [-0.2, -0.15) is 0 Å². The third kappa shape index (κ3) is 9.74. The Morgan fingerprint density at radius 1 is 1.12 bits per heavy atom. The lowest BCUT2D eigenvalue weighted by Gasteiger charge is -2.32. The Kier molecular flexibility index (Phi) is 12.5. The number of carbonyl (C=O) groups is 4. The van der Waals surface area contributed by atoms with Crippen LogP contribution in [-0.4, -0.2) is 97.3 Å². The zero-order valence-electron chi connectivity index (χ0n) is 35.1. The maximum absolute atomic E-state index is 14.9. The van der Waals surface area contributed by atoms with Crippen molar-refractivity contribution in [2.75, 3.05) is 26.5 Å². The average Bonchev–Trinajstić information content (AvgIpc) is 3.59. The molecule has 326 valence electrons. The molecule has 7 rings (SSSR count). The van der Waals surface area contributed by atoms with Crippen LogP contribution in [0.4, 0.5) is 4.79 Å². The van der Waals surface area contributed by atoms with Crippen LogP contribution in [0.1, 0.15) is 94.8 Å². The lowest BCUT2D eigenvalue weighted by molar-refractivity contribution is -0.142. The molecule has 1 aromatic carbocycles. The van der Waals surface area contributed by atoms with Crippen LogP contribution in [0.25, 0.3) is 10.9 Å². The number of ether oxygens (including phenoxy) is 4. The number of nitrogens with one attached hydrogen (secondary N) is 3. The predicted octanol–water partition coefficient (Wildman–Crippen LogP) is 4.94. The number of cyclic esters (lactones) is 1. The molecule has 60 heavy (non-hydrogen) atoms. The van der Waals surface area contributed by atoms with Crippen molar-refractivity contribution >= 4 is 56.1 Å². The lowest BCUT2D eigenvalue weighted by atomic mass is 9.87. The van der Waals surface area contributed by atoms with Gasteiger partial charge in [0.1, 0.15) is 41.8 Å². The summed E-state index contributed by atoms with van der Waals surface area (Å²) in [6, 6.07) is 3.44. The second-order valence-electron chi connectivity index (χ2n) is 17.5. The zero-order valence-corrected chi connectivity index (χ0v) is 36.8. The molecule has 4 amide bonds. The second kappa shape index (κ2) is 17.3. The summed E-state index contributed by atoms with van der Waals surface area (Å²) in [5, 5.41) is 9.27. The first-order valence-corrected chi connectivity index (χ1v) is 23.5. The van der Waals surface area contributed by atoms with Crippen LogP contribution in [0.15, 0.2) is 23.6 Å². The number of alkyl carbamates (subject to hydrolysis) is 1. The largest absolute Gasteiger partial charge is 0.496 e. The van der Waals surface area contributed by atoms with Crippen LogP contribution in [0.2, 0.25) is 0 Å². The van der Waals surface area contributed by atoms with Gasteiger partial charge >= 0.3 is 6.09 Å². The fourth-order valence-electron chi connectivity index (χ4n) is 8.96. The minimum absolute atomic E-state index is 0.0231. The highest BCUT2D eigenvalue weighted by Crippen LogP contribution is 2.47. The van der Waals surface area contributed by atoms with Gasteiger partial charge in [-0.3, -0.25) is 19.1 Å². The molecule has 4 heterocycles. The van der Waals surface area contributed by atoms with E-state index in [1.54, 1.807) is 13.2 Å². The number of thiazole rings is 1. The van der Waals surface area contributed by atoms with Crippen molar-refractivity contribution in [3.63, 3.8) is 0 Å². The van der Waals surface area contributed by atoms with E-state index in [2.05, 4.69) is 15.6 Å². The number of aromatic nitrogens is 2. The molecule has 2 aromatic heterocycles. The van der Waals surface area contributed by atoms with Crippen molar-refractivity contribution in [1.29, 1.82) is 0 Å². The number of pyridine rings is 1. The first-order chi connectivity index (χ1) is 28.5. The number of carbonyl (C=O) groups excluding carboxylic acids is 4. The number of benzene rings is 1. The van der Waals surface area contributed by atoms with E-state index in [9.17, 15) is 27.6 Å². The van der Waals surface area contributed by atoms with Gasteiger partial charge in [0.2, 0.25) is 27.7 Å². The third-order valence-electron chi connectivity index (χ3n) is 12.3. The Balaban J connectivity index is 1.28. The fraction of sp³-hybridized carbons (Fsp3) is 0.619. The Labute approximate surface area is 354 Å². The maximum atomic E-state index is 14.9. The van der Waals surface area contributed by atoms with Crippen molar-refractivity contribution < 1.29 is 46.5 Å². The van der Waals surface area contributed by atoms with Gasteiger partial charge < -0.3 is 34.5 Å². The highest BCUT2D eigenvalue weighted by molar-refractivity contribution is 7.89. The van der Waals surface area contributed by atoms with Crippen molar-refractivity contribution in [3.05, 3.63) is 39.8 Å². The number of sulfonamides is 1. The van der Waals surface area contributed by atoms with E-state index in [1.807, 2.05) is 49.9 Å². The second-order valence-corrected chi connectivity index (χ2v) is 20.3. The van der Waals surface area contributed by atoms with Crippen LogP contribution in [0.3, 0.4) is 0 Å². The number of methoxy groups -OCH3 is 1.